The number of hydrogen-bond donors (Lipinski definition) is 2. The van der Waals surface area contributed by atoms with Crippen LogP contribution >= 0.6 is 0 Å². The van der Waals surface area contributed by atoms with Crippen LogP contribution < -0.4 is 9.47 Å². The Morgan fingerprint density at radius 2 is 0.637 bits per heavy atom. The molecule has 2 N–H and O–H groups in total. The van der Waals surface area contributed by atoms with E-state index >= 15 is 4.79 Å². The molecule has 0 bridgehead atoms. The monoisotopic (exact) mass is 1860 g/mol. The molecule has 0 atom stereocenters. The van der Waals surface area contributed by atoms with Crippen molar-refractivity contribution in [1.29, 1.82) is 0 Å². The number of hydrogen-bond acceptors (Lipinski definition) is 20. The Kier molecular flexibility index (Phi) is 47.5. The number of aliphatic hydroxyl groups excluding tert-OH is 2. The first-order valence-electron chi connectivity index (χ1n) is 51.1. The van der Waals surface area contributed by atoms with Gasteiger partial charge < -0.3 is 86.0 Å². The molecule has 0 saturated carbocycles. The summed E-state index contributed by atoms with van der Waals surface area (Å²) in [5, 5.41) is 18.9. The lowest BCUT2D eigenvalue weighted by Crippen LogP contribution is -2.30. The molecule has 0 aliphatic heterocycles. The van der Waals surface area contributed by atoms with Crippen molar-refractivity contribution in [2.24, 2.45) is 0 Å². The van der Waals surface area contributed by atoms with Crippen LogP contribution in [0.2, 0.25) is 0 Å². The minimum Gasteiger partial charge on any atom is -0.487 e. The number of unbranched alkanes of at least 4 members (excludes halogenated alkanes) is 20. The van der Waals surface area contributed by atoms with Crippen LogP contribution in [-0.4, -0.2) is 203 Å². The van der Waals surface area contributed by atoms with E-state index in [1.165, 1.54) is 180 Å². The second-order valence-corrected chi connectivity index (χ2v) is 36.3. The van der Waals surface area contributed by atoms with Crippen LogP contribution in [0.1, 0.15) is 279 Å². The zero-order valence-corrected chi connectivity index (χ0v) is 82.6. The quantitative estimate of drug-likeness (QED) is 0.0205. The predicted octanol–water partition coefficient (Wildman–Crippen LogP) is 23.6. The molecule has 0 radical (unpaired) electrons. The molecule has 0 amide bonds. The molecule has 135 heavy (non-hydrogen) atoms. The largest absolute Gasteiger partial charge is 0.487 e. The number of ether oxygens (including phenoxy) is 16. The molecule has 738 valence electrons. The van der Waals surface area contributed by atoms with Gasteiger partial charge in [0, 0.05) is 25.0 Å². The lowest BCUT2D eigenvalue weighted by molar-refractivity contribution is -0.129. The summed E-state index contributed by atoms with van der Waals surface area (Å²) in [5.74, 6) is -0.247. The van der Waals surface area contributed by atoms with Crippen LogP contribution in [0.25, 0.3) is 55.6 Å². The summed E-state index contributed by atoms with van der Waals surface area (Å²) < 4.78 is 97.4. The van der Waals surface area contributed by atoms with Gasteiger partial charge in [0.15, 0.2) is 11.5 Å². The second-order valence-electron chi connectivity index (χ2n) is 36.3. The average Bonchev–Trinajstić information content (AvgIpc) is 1.52. The van der Waals surface area contributed by atoms with Crippen LogP contribution in [0.5, 0.6) is 11.5 Å². The Morgan fingerprint density at radius 1 is 0.311 bits per heavy atom. The van der Waals surface area contributed by atoms with Gasteiger partial charge in [0.1, 0.15) is 25.4 Å². The SMILES string of the molecule is CCCCCCCCC1(CCCCCCCC)c2ccccc2-c2ccc(-c3ccc4c(c3)C(c3cc(COC=O)c(COCCOCCOCCO)c(COCCOCCOCCO)c3)(c3cc(OCCOCCOCCOC)c(OCCOCCOCCOC)c(C(=O)OC)c3)c3cc(-c5ccc6c(c5)C(CCCCCCCC)(CCCCCCCC)c5ccccc5-6)ccc3-4)cc21. The van der Waals surface area contributed by atoms with Crippen molar-refractivity contribution >= 4 is 12.4 Å². The van der Waals surface area contributed by atoms with E-state index in [1.807, 2.05) is 12.1 Å². The van der Waals surface area contributed by atoms with Crippen LogP contribution in [0.15, 0.2) is 146 Å². The van der Waals surface area contributed by atoms with Gasteiger partial charge in [-0.3, -0.25) is 4.79 Å². The molecule has 8 aromatic carbocycles. The molecule has 3 aliphatic carbocycles. The average molecular weight is 1860 g/mol. The number of aliphatic hydroxyl groups is 2. The predicted molar refractivity (Wildman–Crippen MR) is 536 cm³/mol. The van der Waals surface area contributed by atoms with Crippen molar-refractivity contribution in [3.63, 3.8) is 0 Å². The van der Waals surface area contributed by atoms with Crippen LogP contribution in [0, 0.1) is 0 Å². The Hall–Kier alpha value is -8.26. The van der Waals surface area contributed by atoms with E-state index in [0.29, 0.717) is 83.7 Å². The summed E-state index contributed by atoms with van der Waals surface area (Å²) in [6.07, 6.45) is 33.1. The van der Waals surface area contributed by atoms with Gasteiger partial charge >= 0.3 is 5.97 Å². The lowest BCUT2D eigenvalue weighted by atomic mass is 9.65. The standard InChI is InChI=1S/C115H158O20/c1-8-12-16-20-24-32-48-113(49-33-25-21-17-13-9-2)104-38-30-28-36-96(104)98-44-40-88(78-106(98)113)90-42-46-100-101-47-43-91(89-41-45-99-97-37-29-31-39-105(97)114(107(99)79-89,50-34-26-22-18-14-10-3)51-35-27-23-19-15-11-4)81-109(101)115(108(100)80-90,94-76-92(84-131-70-68-127-62-60-123-54-52-116)103(93(77-94)85-133-87-118)86-132-71-69-128-63-61-124-55-53-117)95-82-102(112(119)122-7)111(135-75-73-130-67-65-126-59-57-121-6)110(83-95)134-74-72-129-66-64-125-58-56-120-5/h28-31,36-47,76-83,87,116-117H,8-27,32-35,48-75,84-86H2,1-7H3. The molecule has 0 aromatic heterocycles. The highest BCUT2D eigenvalue weighted by Gasteiger charge is 2.50. The molecule has 0 spiro atoms. The first-order chi connectivity index (χ1) is 66.6. The van der Waals surface area contributed by atoms with Crippen molar-refractivity contribution in [3.05, 3.63) is 212 Å². The fraction of sp³-hybridized carbons (Fsp3) is 0.565. The Balaban J connectivity index is 1.20. The molecule has 0 unspecified atom stereocenters. The van der Waals surface area contributed by atoms with Crippen LogP contribution in [0.4, 0.5) is 0 Å². The van der Waals surface area contributed by atoms with E-state index in [0.717, 1.165) is 113 Å². The summed E-state index contributed by atoms with van der Waals surface area (Å²) in [6, 6.07) is 55.4. The minimum atomic E-state index is -1.44. The zero-order valence-electron chi connectivity index (χ0n) is 82.6. The topological polar surface area (TPSA) is 222 Å². The normalized spacial score (nSPS) is 13.4. The summed E-state index contributed by atoms with van der Waals surface area (Å²) in [5.41, 5.74) is 20.6. The van der Waals surface area contributed by atoms with Crippen molar-refractivity contribution in [1.82, 2.24) is 0 Å². The summed E-state index contributed by atoms with van der Waals surface area (Å²) in [4.78, 5) is 28.8. The Morgan fingerprint density at radius 3 is 1.03 bits per heavy atom. The highest BCUT2D eigenvalue weighted by Crippen LogP contribution is 2.62. The van der Waals surface area contributed by atoms with E-state index in [1.54, 1.807) is 14.2 Å². The highest BCUT2D eigenvalue weighted by molar-refractivity contribution is 5.97. The maximum atomic E-state index is 15.7. The van der Waals surface area contributed by atoms with Gasteiger partial charge in [-0.2, -0.15) is 0 Å². The van der Waals surface area contributed by atoms with E-state index in [-0.39, 0.29) is 140 Å². The number of rotatable bonds is 76. The molecule has 0 heterocycles. The van der Waals surface area contributed by atoms with Crippen molar-refractivity contribution in [2.45, 2.75) is 244 Å². The van der Waals surface area contributed by atoms with Crippen molar-refractivity contribution in [2.75, 3.05) is 180 Å². The third kappa shape index (κ3) is 29.4. The molecule has 20 nitrogen and oxygen atoms in total. The maximum absolute atomic E-state index is 15.7. The molecule has 11 rings (SSSR count). The minimum absolute atomic E-state index is 0.0213. The zero-order chi connectivity index (χ0) is 94.8. The molecule has 0 fully saturated rings. The van der Waals surface area contributed by atoms with E-state index in [9.17, 15) is 15.0 Å². The molecule has 20 heteroatoms. The van der Waals surface area contributed by atoms with Gasteiger partial charge in [0.2, 0.25) is 0 Å². The second kappa shape index (κ2) is 59.9. The number of fused-ring (bicyclic) bond motifs is 9. The van der Waals surface area contributed by atoms with Crippen molar-refractivity contribution in [3.8, 4) is 67.1 Å². The first-order valence-corrected chi connectivity index (χ1v) is 51.1. The molecule has 3 aliphatic rings. The highest BCUT2D eigenvalue weighted by atomic mass is 16.6. The fourth-order valence-corrected chi connectivity index (χ4v) is 20.5. The van der Waals surface area contributed by atoms with Crippen molar-refractivity contribution < 1.29 is 95.6 Å². The maximum Gasteiger partial charge on any atom is 0.341 e. The van der Waals surface area contributed by atoms with Gasteiger partial charge in [0.25, 0.3) is 6.47 Å². The number of esters is 1. The molecule has 8 aromatic rings. The summed E-state index contributed by atoms with van der Waals surface area (Å²) >= 11 is 0. The van der Waals surface area contributed by atoms with E-state index < -0.39 is 11.4 Å². The summed E-state index contributed by atoms with van der Waals surface area (Å²) in [7, 11) is 4.67. The number of carbonyl (C=O) groups excluding carboxylic acids is 2. The Labute approximate surface area is 806 Å². The van der Waals surface area contributed by atoms with Crippen LogP contribution in [-0.2, 0) is 107 Å². The fourth-order valence-electron chi connectivity index (χ4n) is 20.5. The van der Waals surface area contributed by atoms with Gasteiger partial charge in [0.05, 0.1) is 171 Å². The van der Waals surface area contributed by atoms with Gasteiger partial charge in [-0.05, 0) is 179 Å². The van der Waals surface area contributed by atoms with E-state index in [2.05, 4.69) is 161 Å². The third-order valence-electron chi connectivity index (χ3n) is 27.3. The van der Waals surface area contributed by atoms with Gasteiger partial charge in [-0.25, -0.2) is 4.79 Å². The number of carbonyl (C=O) groups is 2. The van der Waals surface area contributed by atoms with Gasteiger partial charge in [-0.1, -0.05) is 291 Å². The van der Waals surface area contributed by atoms with Crippen LogP contribution in [0.3, 0.4) is 0 Å². The lowest BCUT2D eigenvalue weighted by Gasteiger charge is -2.36. The molecule has 0 saturated heterocycles. The number of benzene rings is 8. The molecular formula is C115H158O20. The third-order valence-corrected chi connectivity index (χ3v) is 27.3. The van der Waals surface area contributed by atoms with Gasteiger partial charge in [-0.15, -0.1) is 0 Å². The first kappa shape index (κ1) is 107. The summed E-state index contributed by atoms with van der Waals surface area (Å²) in [6.45, 7) is 15.3. The number of methoxy groups -OCH3 is 3. The Bertz CT molecular complexity index is 4570. The molecular weight excluding hydrogens is 1700 g/mol. The van der Waals surface area contributed by atoms with E-state index in [4.69, 9.17) is 75.8 Å². The smallest absolute Gasteiger partial charge is 0.341 e.